The largest absolute Gasteiger partial charge is 0.341 e. The zero-order valence-corrected chi connectivity index (χ0v) is 13.3. The second kappa shape index (κ2) is 6.92. The quantitative estimate of drug-likeness (QED) is 0.858. The van der Waals surface area contributed by atoms with Crippen molar-refractivity contribution in [3.8, 4) is 0 Å². The summed E-state index contributed by atoms with van der Waals surface area (Å²) in [7, 11) is 1.83. The van der Waals surface area contributed by atoms with Crippen LogP contribution in [0.25, 0.3) is 0 Å². The first-order valence-corrected chi connectivity index (χ1v) is 7.37. The Morgan fingerprint density at radius 1 is 1.14 bits per heavy atom. The van der Waals surface area contributed by atoms with E-state index in [9.17, 15) is 4.39 Å². The first kappa shape index (κ1) is 15.8. The molecular weight excluding hydrogens is 287 g/mol. The van der Waals surface area contributed by atoms with Gasteiger partial charge in [-0.1, -0.05) is 49.7 Å². The summed E-state index contributed by atoms with van der Waals surface area (Å²) in [6, 6.07) is 12.8. The summed E-state index contributed by atoms with van der Waals surface area (Å²) in [5, 5.41) is 3.99. The molecule has 0 radical (unpaired) electrons. The Bertz CT molecular complexity index is 613. The van der Waals surface area contributed by atoms with Crippen LogP contribution >= 0.6 is 11.6 Å². The van der Waals surface area contributed by atoms with Gasteiger partial charge in [0, 0.05) is 19.6 Å². The summed E-state index contributed by atoms with van der Waals surface area (Å²) in [4.78, 5) is 1.80. The molecule has 0 aliphatic rings. The highest BCUT2D eigenvalue weighted by Gasteiger charge is 2.15. The van der Waals surface area contributed by atoms with Crippen LogP contribution in [0.2, 0.25) is 5.02 Å². The maximum atomic E-state index is 14.0. The van der Waals surface area contributed by atoms with Crippen molar-refractivity contribution >= 4 is 23.0 Å². The van der Waals surface area contributed by atoms with Crippen LogP contribution in [-0.2, 0) is 6.54 Å². The lowest BCUT2D eigenvalue weighted by Crippen LogP contribution is -2.23. The molecular formula is C17H20ClFN2. The molecule has 21 heavy (non-hydrogen) atoms. The fourth-order valence-corrected chi connectivity index (χ4v) is 2.56. The Kier molecular flexibility index (Phi) is 5.21. The number of nitrogens with zero attached hydrogens (tertiary/aromatic N) is 1. The molecule has 0 amide bonds. The van der Waals surface area contributed by atoms with Gasteiger partial charge in [-0.25, -0.2) is 4.39 Å². The lowest BCUT2D eigenvalue weighted by molar-refractivity contribution is 0.588. The van der Waals surface area contributed by atoms with Gasteiger partial charge in [0.1, 0.15) is 5.82 Å². The van der Waals surface area contributed by atoms with Crippen molar-refractivity contribution in [1.29, 1.82) is 0 Å². The molecule has 2 aromatic rings. The van der Waals surface area contributed by atoms with E-state index in [-0.39, 0.29) is 5.82 Å². The normalized spacial score (nSPS) is 11.0. The zero-order valence-electron chi connectivity index (χ0n) is 12.5. The molecule has 0 atom stereocenters. The summed E-state index contributed by atoms with van der Waals surface area (Å²) in [6.45, 7) is 4.86. The van der Waals surface area contributed by atoms with E-state index in [1.807, 2.05) is 31.3 Å². The minimum atomic E-state index is -0.261. The predicted octanol–water partition coefficient (Wildman–Crippen LogP) is 4.75. The van der Waals surface area contributed by atoms with Crippen LogP contribution in [-0.4, -0.2) is 13.1 Å². The minimum absolute atomic E-state index is 0.261. The fourth-order valence-electron chi connectivity index (χ4n) is 2.24. The summed E-state index contributed by atoms with van der Waals surface area (Å²) in [5.41, 5.74) is 2.38. The molecule has 0 bridgehead atoms. The lowest BCUT2D eigenvalue weighted by Gasteiger charge is -2.25. The number of halogens is 2. The van der Waals surface area contributed by atoms with Gasteiger partial charge in [0.05, 0.1) is 16.4 Å². The van der Waals surface area contributed by atoms with Crippen molar-refractivity contribution in [2.75, 3.05) is 11.9 Å². The van der Waals surface area contributed by atoms with Gasteiger partial charge in [-0.2, -0.15) is 0 Å². The van der Waals surface area contributed by atoms with E-state index in [1.165, 1.54) is 6.07 Å². The van der Waals surface area contributed by atoms with Crippen molar-refractivity contribution in [2.24, 2.45) is 0 Å². The monoisotopic (exact) mass is 306 g/mol. The Balaban J connectivity index is 2.40. The lowest BCUT2D eigenvalue weighted by atomic mass is 10.1. The standard InChI is InChI=1S/C17H20ClFN2/c1-12(2)20-11-13-7-6-8-14(18)17(13)21(3)16-10-5-4-9-15(16)19/h4-10,12,20H,11H2,1-3H3. The zero-order chi connectivity index (χ0) is 15.4. The summed E-state index contributed by atoms with van der Waals surface area (Å²) >= 11 is 6.35. The molecule has 0 aromatic heterocycles. The molecule has 112 valence electrons. The molecule has 0 aliphatic carbocycles. The summed E-state index contributed by atoms with van der Waals surface area (Å²) < 4.78 is 14.0. The Morgan fingerprint density at radius 2 is 1.86 bits per heavy atom. The topological polar surface area (TPSA) is 15.3 Å². The van der Waals surface area contributed by atoms with E-state index in [4.69, 9.17) is 11.6 Å². The van der Waals surface area contributed by atoms with Gasteiger partial charge in [-0.3, -0.25) is 0 Å². The van der Waals surface area contributed by atoms with E-state index in [0.717, 1.165) is 11.3 Å². The van der Waals surface area contributed by atoms with E-state index in [0.29, 0.717) is 23.3 Å². The Labute approximate surface area is 130 Å². The van der Waals surface area contributed by atoms with Crippen molar-refractivity contribution in [2.45, 2.75) is 26.4 Å². The average Bonchev–Trinajstić information content (AvgIpc) is 2.45. The summed E-state index contributed by atoms with van der Waals surface area (Å²) in [5.74, 6) is -0.261. The third-order valence-electron chi connectivity index (χ3n) is 3.32. The van der Waals surface area contributed by atoms with Crippen LogP contribution in [0.1, 0.15) is 19.4 Å². The molecule has 0 unspecified atom stereocenters. The van der Waals surface area contributed by atoms with Crippen LogP contribution in [0, 0.1) is 5.82 Å². The van der Waals surface area contributed by atoms with E-state index in [1.54, 1.807) is 17.0 Å². The molecule has 0 spiro atoms. The number of hydrogen-bond donors (Lipinski definition) is 1. The fraction of sp³-hybridized carbons (Fsp3) is 0.294. The number of anilines is 2. The molecule has 2 aromatic carbocycles. The smallest absolute Gasteiger partial charge is 0.146 e. The second-order valence-electron chi connectivity index (χ2n) is 5.29. The van der Waals surface area contributed by atoms with Crippen molar-refractivity contribution in [3.05, 3.63) is 58.9 Å². The van der Waals surface area contributed by atoms with Crippen LogP contribution < -0.4 is 10.2 Å². The van der Waals surface area contributed by atoms with Gasteiger partial charge in [0.25, 0.3) is 0 Å². The number of nitrogens with one attached hydrogen (secondary N) is 1. The minimum Gasteiger partial charge on any atom is -0.341 e. The SMILES string of the molecule is CC(C)NCc1cccc(Cl)c1N(C)c1ccccc1F. The number of para-hydroxylation sites is 2. The molecule has 0 saturated carbocycles. The average molecular weight is 307 g/mol. The van der Waals surface area contributed by atoms with Crippen molar-refractivity contribution in [1.82, 2.24) is 5.32 Å². The van der Waals surface area contributed by atoms with Crippen LogP contribution in [0.5, 0.6) is 0 Å². The summed E-state index contributed by atoms with van der Waals surface area (Å²) in [6.07, 6.45) is 0. The molecule has 0 aliphatic heterocycles. The van der Waals surface area contributed by atoms with Gasteiger partial charge >= 0.3 is 0 Å². The number of rotatable bonds is 5. The molecule has 2 nitrogen and oxygen atoms in total. The highest BCUT2D eigenvalue weighted by Crippen LogP contribution is 2.35. The third kappa shape index (κ3) is 3.74. The van der Waals surface area contributed by atoms with Gasteiger partial charge in [0.15, 0.2) is 0 Å². The van der Waals surface area contributed by atoms with Gasteiger partial charge in [-0.15, -0.1) is 0 Å². The first-order chi connectivity index (χ1) is 10.0. The van der Waals surface area contributed by atoms with Gasteiger partial charge < -0.3 is 10.2 Å². The Hall–Kier alpha value is -1.58. The first-order valence-electron chi connectivity index (χ1n) is 6.99. The number of hydrogen-bond acceptors (Lipinski definition) is 2. The van der Waals surface area contributed by atoms with Gasteiger partial charge in [-0.05, 0) is 23.8 Å². The number of benzene rings is 2. The van der Waals surface area contributed by atoms with E-state index < -0.39 is 0 Å². The van der Waals surface area contributed by atoms with Crippen molar-refractivity contribution in [3.63, 3.8) is 0 Å². The highest BCUT2D eigenvalue weighted by molar-refractivity contribution is 6.33. The molecule has 4 heteroatoms. The van der Waals surface area contributed by atoms with E-state index in [2.05, 4.69) is 19.2 Å². The third-order valence-corrected chi connectivity index (χ3v) is 3.63. The molecule has 1 N–H and O–H groups in total. The Morgan fingerprint density at radius 3 is 2.52 bits per heavy atom. The van der Waals surface area contributed by atoms with Crippen LogP contribution in [0.3, 0.4) is 0 Å². The molecule has 2 rings (SSSR count). The maximum Gasteiger partial charge on any atom is 0.146 e. The predicted molar refractivity (Wildman–Crippen MR) is 87.9 cm³/mol. The van der Waals surface area contributed by atoms with Gasteiger partial charge in [0.2, 0.25) is 0 Å². The van der Waals surface area contributed by atoms with E-state index >= 15 is 0 Å². The van der Waals surface area contributed by atoms with Crippen molar-refractivity contribution < 1.29 is 4.39 Å². The molecule has 0 saturated heterocycles. The highest BCUT2D eigenvalue weighted by atomic mass is 35.5. The van der Waals surface area contributed by atoms with Crippen LogP contribution in [0.15, 0.2) is 42.5 Å². The second-order valence-corrected chi connectivity index (χ2v) is 5.70. The molecule has 0 fully saturated rings. The maximum absolute atomic E-state index is 14.0. The molecule has 0 heterocycles. The van der Waals surface area contributed by atoms with Crippen LogP contribution in [0.4, 0.5) is 15.8 Å².